The van der Waals surface area contributed by atoms with Crippen LogP contribution in [0.2, 0.25) is 0 Å². The summed E-state index contributed by atoms with van der Waals surface area (Å²) >= 11 is 5.01. The van der Waals surface area contributed by atoms with Crippen LogP contribution in [0.1, 0.15) is 10.9 Å². The Balaban J connectivity index is 2.60. The summed E-state index contributed by atoms with van der Waals surface area (Å²) in [6.07, 6.45) is 0. The van der Waals surface area contributed by atoms with Gasteiger partial charge < -0.3 is 10.5 Å². The molecule has 0 aliphatic heterocycles. The molecule has 1 aromatic heterocycles. The first-order valence-corrected chi connectivity index (χ1v) is 4.89. The van der Waals surface area contributed by atoms with E-state index in [1.165, 1.54) is 0 Å². The molecule has 0 saturated heterocycles. The van der Waals surface area contributed by atoms with Crippen molar-refractivity contribution >= 4 is 27.3 Å². The lowest BCUT2D eigenvalue weighted by molar-refractivity contribution is 0.182. The zero-order valence-electron chi connectivity index (χ0n) is 6.21. The molecule has 0 aliphatic rings. The topological polar surface area (TPSA) is 35.2 Å². The Labute approximate surface area is 78.5 Å². The first-order chi connectivity index (χ1) is 5.24. The van der Waals surface area contributed by atoms with Crippen molar-refractivity contribution in [3.8, 4) is 0 Å². The third-order valence-electron chi connectivity index (χ3n) is 1.30. The van der Waals surface area contributed by atoms with Gasteiger partial charge in [0, 0.05) is 21.8 Å². The molecule has 0 spiro atoms. The molecule has 0 amide bonds. The van der Waals surface area contributed by atoms with Crippen molar-refractivity contribution in [1.82, 2.24) is 0 Å². The number of hydrogen-bond donors (Lipinski definition) is 1. The second-order valence-corrected chi connectivity index (χ2v) is 4.09. The van der Waals surface area contributed by atoms with Crippen LogP contribution in [0.15, 0.2) is 15.9 Å². The van der Waals surface area contributed by atoms with Crippen LogP contribution in [0.5, 0.6) is 0 Å². The lowest BCUT2D eigenvalue weighted by Gasteiger charge is -2.06. The molecule has 1 heterocycles. The molecule has 2 nitrogen and oxygen atoms in total. The molecule has 1 aromatic rings. The van der Waals surface area contributed by atoms with Gasteiger partial charge in [0.05, 0.1) is 12.6 Å². The summed E-state index contributed by atoms with van der Waals surface area (Å²) in [4.78, 5) is 1.15. The van der Waals surface area contributed by atoms with Crippen LogP contribution < -0.4 is 5.73 Å². The third-order valence-corrected chi connectivity index (χ3v) is 3.12. The van der Waals surface area contributed by atoms with Crippen LogP contribution in [0.25, 0.3) is 0 Å². The van der Waals surface area contributed by atoms with Crippen molar-refractivity contribution in [2.45, 2.75) is 6.04 Å². The van der Waals surface area contributed by atoms with Crippen molar-refractivity contribution in [3.05, 3.63) is 20.8 Å². The maximum Gasteiger partial charge on any atom is 0.0663 e. The lowest BCUT2D eigenvalue weighted by atomic mass is 10.3. The summed E-state index contributed by atoms with van der Waals surface area (Å²) in [6.45, 7) is 0.576. The average Bonchev–Trinajstić information content (AvgIpc) is 2.36. The normalized spacial score (nSPS) is 13.4. The highest BCUT2D eigenvalue weighted by atomic mass is 79.9. The summed E-state index contributed by atoms with van der Waals surface area (Å²) < 4.78 is 6.02. The molecule has 11 heavy (non-hydrogen) atoms. The van der Waals surface area contributed by atoms with Crippen LogP contribution in [0, 0.1) is 0 Å². The fourth-order valence-corrected chi connectivity index (χ4v) is 2.22. The van der Waals surface area contributed by atoms with Crippen LogP contribution in [0.3, 0.4) is 0 Å². The summed E-state index contributed by atoms with van der Waals surface area (Å²) in [5.74, 6) is 0. The van der Waals surface area contributed by atoms with Crippen molar-refractivity contribution < 1.29 is 4.74 Å². The van der Waals surface area contributed by atoms with Gasteiger partial charge in [-0.1, -0.05) is 0 Å². The number of thiophene rings is 1. The molecule has 4 heteroatoms. The molecule has 1 atom stereocenters. The number of ether oxygens (including phenoxy) is 1. The van der Waals surface area contributed by atoms with E-state index in [9.17, 15) is 0 Å². The van der Waals surface area contributed by atoms with Crippen molar-refractivity contribution in [3.63, 3.8) is 0 Å². The van der Waals surface area contributed by atoms with Crippen molar-refractivity contribution in [2.24, 2.45) is 5.73 Å². The van der Waals surface area contributed by atoms with Gasteiger partial charge in [0.15, 0.2) is 0 Å². The van der Waals surface area contributed by atoms with Crippen LogP contribution in [-0.4, -0.2) is 13.7 Å². The number of methoxy groups -OCH3 is 1. The van der Waals surface area contributed by atoms with E-state index >= 15 is 0 Å². The minimum atomic E-state index is 0.0105. The molecule has 62 valence electrons. The van der Waals surface area contributed by atoms with Crippen molar-refractivity contribution in [1.29, 1.82) is 0 Å². The van der Waals surface area contributed by atoms with Gasteiger partial charge >= 0.3 is 0 Å². The van der Waals surface area contributed by atoms with E-state index in [2.05, 4.69) is 15.9 Å². The summed E-state index contributed by atoms with van der Waals surface area (Å²) in [5.41, 5.74) is 5.78. The number of hydrogen-bond acceptors (Lipinski definition) is 3. The van der Waals surface area contributed by atoms with Crippen LogP contribution in [-0.2, 0) is 4.74 Å². The van der Waals surface area contributed by atoms with E-state index in [0.717, 1.165) is 9.35 Å². The SMILES string of the molecule is COCC(N)c1cc(Br)cs1. The minimum absolute atomic E-state index is 0.0105. The fraction of sp³-hybridized carbons (Fsp3) is 0.429. The Morgan fingerprint density at radius 1 is 1.82 bits per heavy atom. The largest absolute Gasteiger partial charge is 0.383 e. The predicted molar refractivity (Wildman–Crippen MR) is 50.8 cm³/mol. The maximum atomic E-state index is 5.78. The monoisotopic (exact) mass is 235 g/mol. The second kappa shape index (κ2) is 4.21. The molecular formula is C7H10BrNOS. The minimum Gasteiger partial charge on any atom is -0.383 e. The van der Waals surface area contributed by atoms with E-state index in [1.807, 2.05) is 11.4 Å². The fourth-order valence-electron chi connectivity index (χ4n) is 0.784. The van der Waals surface area contributed by atoms with E-state index in [4.69, 9.17) is 10.5 Å². The highest BCUT2D eigenvalue weighted by Gasteiger charge is 2.06. The maximum absolute atomic E-state index is 5.78. The Hall–Kier alpha value is 0.1000. The zero-order chi connectivity index (χ0) is 8.27. The molecular weight excluding hydrogens is 226 g/mol. The average molecular weight is 236 g/mol. The first-order valence-electron chi connectivity index (χ1n) is 3.22. The van der Waals surface area contributed by atoms with Gasteiger partial charge in [-0.2, -0.15) is 0 Å². The predicted octanol–water partition coefficient (Wildman–Crippen LogP) is 2.16. The lowest BCUT2D eigenvalue weighted by Crippen LogP contribution is -2.14. The molecule has 0 aliphatic carbocycles. The van der Waals surface area contributed by atoms with Gasteiger partial charge in [0.1, 0.15) is 0 Å². The van der Waals surface area contributed by atoms with E-state index in [0.29, 0.717) is 6.61 Å². The highest BCUT2D eigenvalue weighted by molar-refractivity contribution is 9.10. The molecule has 1 unspecified atom stereocenters. The zero-order valence-corrected chi connectivity index (χ0v) is 8.61. The molecule has 0 aromatic carbocycles. The Kier molecular flexibility index (Phi) is 3.51. The highest BCUT2D eigenvalue weighted by Crippen LogP contribution is 2.24. The standard InChI is InChI=1S/C7H10BrNOS/c1-10-3-6(9)7-2-5(8)4-11-7/h2,4,6H,3,9H2,1H3. The third kappa shape index (κ3) is 2.56. The van der Waals surface area contributed by atoms with Gasteiger partial charge in [0.25, 0.3) is 0 Å². The van der Waals surface area contributed by atoms with Crippen LogP contribution in [0.4, 0.5) is 0 Å². The second-order valence-electron chi connectivity index (χ2n) is 2.23. The molecule has 0 saturated carbocycles. The van der Waals surface area contributed by atoms with E-state index < -0.39 is 0 Å². The summed E-state index contributed by atoms with van der Waals surface area (Å²) in [6, 6.07) is 2.03. The van der Waals surface area contributed by atoms with E-state index in [1.54, 1.807) is 18.4 Å². The van der Waals surface area contributed by atoms with Crippen LogP contribution >= 0.6 is 27.3 Å². The molecule has 0 bridgehead atoms. The summed E-state index contributed by atoms with van der Waals surface area (Å²) in [5, 5.41) is 2.02. The molecule has 0 radical (unpaired) electrons. The Morgan fingerprint density at radius 3 is 3.00 bits per heavy atom. The smallest absolute Gasteiger partial charge is 0.0663 e. The molecule has 2 N–H and O–H groups in total. The van der Waals surface area contributed by atoms with Gasteiger partial charge in [-0.05, 0) is 22.0 Å². The van der Waals surface area contributed by atoms with Gasteiger partial charge in [-0.3, -0.25) is 0 Å². The summed E-state index contributed by atoms with van der Waals surface area (Å²) in [7, 11) is 1.66. The number of rotatable bonds is 3. The molecule has 0 fully saturated rings. The number of halogens is 1. The molecule has 1 rings (SSSR count). The Morgan fingerprint density at radius 2 is 2.55 bits per heavy atom. The quantitative estimate of drug-likeness (QED) is 0.872. The van der Waals surface area contributed by atoms with Crippen molar-refractivity contribution in [2.75, 3.05) is 13.7 Å². The number of nitrogens with two attached hydrogens (primary N) is 1. The van der Waals surface area contributed by atoms with Gasteiger partial charge in [0.2, 0.25) is 0 Å². The van der Waals surface area contributed by atoms with Gasteiger partial charge in [-0.25, -0.2) is 0 Å². The van der Waals surface area contributed by atoms with E-state index in [-0.39, 0.29) is 6.04 Å². The first kappa shape index (κ1) is 9.19. The Bertz CT molecular complexity index is 226. The van der Waals surface area contributed by atoms with Gasteiger partial charge in [-0.15, -0.1) is 11.3 Å².